The lowest BCUT2D eigenvalue weighted by atomic mass is 10.3. The third-order valence-electron chi connectivity index (χ3n) is 1.04. The Bertz CT molecular complexity index is 178. The maximum atomic E-state index is 10.5. The first-order chi connectivity index (χ1) is 4.59. The van der Waals surface area contributed by atoms with Crippen molar-refractivity contribution in [3.63, 3.8) is 0 Å². The van der Waals surface area contributed by atoms with E-state index < -0.39 is 11.9 Å². The first kappa shape index (κ1) is 8.99. The van der Waals surface area contributed by atoms with Crippen LogP contribution < -0.4 is 0 Å². The Morgan fingerprint density at radius 2 is 2.20 bits per heavy atom. The molecule has 0 saturated carbocycles. The topological polar surface area (TPSA) is 40.5 Å². The van der Waals surface area contributed by atoms with Crippen LogP contribution in [0.4, 0.5) is 0 Å². The van der Waals surface area contributed by atoms with E-state index in [4.69, 9.17) is 5.21 Å². The molecule has 1 amide bonds. The Kier molecular flexibility index (Phi) is 3.52. The molecule has 0 aliphatic rings. The van der Waals surface area contributed by atoms with Gasteiger partial charge in [0, 0.05) is 6.92 Å². The Morgan fingerprint density at radius 1 is 1.70 bits per heavy atom. The number of rotatable bonds is 1. The van der Waals surface area contributed by atoms with Crippen molar-refractivity contribution in [2.24, 2.45) is 0 Å². The number of amides is 1. The summed E-state index contributed by atoms with van der Waals surface area (Å²) in [4.78, 5) is 10.5. The van der Waals surface area contributed by atoms with Crippen LogP contribution in [0.15, 0.2) is 0 Å². The molecule has 0 rings (SSSR count). The molecule has 0 heterocycles. The predicted octanol–water partition coefficient (Wildman–Crippen LogP) is 0.636. The third-order valence-corrected chi connectivity index (χ3v) is 1.04. The lowest BCUT2D eigenvalue weighted by Crippen LogP contribution is -2.32. The fourth-order valence-corrected chi connectivity index (χ4v) is 0.543. The van der Waals surface area contributed by atoms with E-state index in [0.29, 0.717) is 5.06 Å². The fraction of sp³-hybridized carbons (Fsp3) is 0.571. The van der Waals surface area contributed by atoms with Crippen molar-refractivity contribution in [2.45, 2.75) is 26.8 Å². The largest absolute Gasteiger partial charge is 0.285 e. The molecule has 0 aromatic heterocycles. The molecule has 0 aliphatic heterocycles. The van der Waals surface area contributed by atoms with Gasteiger partial charge < -0.3 is 0 Å². The van der Waals surface area contributed by atoms with Gasteiger partial charge in [0.25, 0.3) is 0 Å². The van der Waals surface area contributed by atoms with Gasteiger partial charge in [0.1, 0.15) is 6.04 Å². The number of nitrogens with zero attached hydrogens (tertiary/aromatic N) is 1. The molecule has 10 heavy (non-hydrogen) atoms. The molecule has 3 nitrogen and oxygen atoms in total. The first-order valence-corrected chi connectivity index (χ1v) is 3.00. The molecule has 0 spiro atoms. The van der Waals surface area contributed by atoms with Crippen LogP contribution in [0.1, 0.15) is 20.8 Å². The summed E-state index contributed by atoms with van der Waals surface area (Å²) < 4.78 is 0. The molecule has 1 atom stereocenters. The van der Waals surface area contributed by atoms with E-state index in [0.717, 1.165) is 0 Å². The predicted molar refractivity (Wildman–Crippen MR) is 37.2 cm³/mol. The summed E-state index contributed by atoms with van der Waals surface area (Å²) in [5.74, 6) is 4.84. The van der Waals surface area contributed by atoms with Crippen LogP contribution in [0.3, 0.4) is 0 Å². The highest BCUT2D eigenvalue weighted by Gasteiger charge is 2.09. The maximum Gasteiger partial charge on any atom is 0.243 e. The summed E-state index contributed by atoms with van der Waals surface area (Å²) in [5, 5.41) is 9.52. The average Bonchev–Trinajstić information content (AvgIpc) is 1.87. The van der Waals surface area contributed by atoms with Gasteiger partial charge in [-0.25, -0.2) is 5.06 Å². The summed E-state index contributed by atoms with van der Waals surface area (Å²) in [6.45, 7) is 4.59. The summed E-state index contributed by atoms with van der Waals surface area (Å²) in [6.07, 6.45) is 0. The highest BCUT2D eigenvalue weighted by atomic mass is 16.5. The van der Waals surface area contributed by atoms with Crippen LogP contribution in [0.2, 0.25) is 0 Å². The fourth-order valence-electron chi connectivity index (χ4n) is 0.543. The number of hydroxylamine groups is 2. The van der Waals surface area contributed by atoms with Crippen LogP contribution in [-0.2, 0) is 4.79 Å². The SMILES string of the molecule is CC#C[C@H](C)N(O)C(C)=O. The minimum atomic E-state index is -0.414. The zero-order valence-electron chi connectivity index (χ0n) is 6.38. The Labute approximate surface area is 60.6 Å². The van der Waals surface area contributed by atoms with Gasteiger partial charge in [-0.1, -0.05) is 5.92 Å². The lowest BCUT2D eigenvalue weighted by Gasteiger charge is -2.15. The average molecular weight is 141 g/mol. The van der Waals surface area contributed by atoms with Gasteiger partial charge in [-0.05, 0) is 13.8 Å². The second kappa shape index (κ2) is 3.91. The molecule has 0 radical (unpaired) electrons. The zero-order valence-corrected chi connectivity index (χ0v) is 6.38. The quantitative estimate of drug-likeness (QED) is 0.330. The van der Waals surface area contributed by atoms with E-state index in [1.807, 2.05) is 0 Å². The van der Waals surface area contributed by atoms with Crippen molar-refractivity contribution in [3.05, 3.63) is 0 Å². The van der Waals surface area contributed by atoms with Gasteiger partial charge in [-0.15, -0.1) is 5.92 Å². The minimum Gasteiger partial charge on any atom is -0.285 e. The molecule has 0 unspecified atom stereocenters. The lowest BCUT2D eigenvalue weighted by molar-refractivity contribution is -0.166. The highest BCUT2D eigenvalue weighted by Crippen LogP contribution is 1.92. The third kappa shape index (κ3) is 2.51. The van der Waals surface area contributed by atoms with Gasteiger partial charge in [-0.2, -0.15) is 0 Å². The minimum absolute atomic E-state index is 0.393. The molecular formula is C7H11NO2. The van der Waals surface area contributed by atoms with Crippen molar-refractivity contribution >= 4 is 5.91 Å². The summed E-state index contributed by atoms with van der Waals surface area (Å²) in [6, 6.07) is -0.414. The molecule has 0 fully saturated rings. The van der Waals surface area contributed by atoms with Crippen LogP contribution in [0.5, 0.6) is 0 Å². The second-order valence-electron chi connectivity index (χ2n) is 1.93. The normalized spacial score (nSPS) is 11.2. The van der Waals surface area contributed by atoms with Crippen molar-refractivity contribution in [1.82, 2.24) is 5.06 Å². The highest BCUT2D eigenvalue weighted by molar-refractivity contribution is 5.72. The van der Waals surface area contributed by atoms with Crippen molar-refractivity contribution in [3.8, 4) is 11.8 Å². The van der Waals surface area contributed by atoms with Gasteiger partial charge >= 0.3 is 0 Å². The summed E-state index contributed by atoms with van der Waals surface area (Å²) in [5.41, 5.74) is 0. The summed E-state index contributed by atoms with van der Waals surface area (Å²) in [7, 11) is 0. The Morgan fingerprint density at radius 3 is 2.50 bits per heavy atom. The van der Waals surface area contributed by atoms with E-state index in [1.165, 1.54) is 6.92 Å². The molecular weight excluding hydrogens is 130 g/mol. The van der Waals surface area contributed by atoms with Gasteiger partial charge in [-0.3, -0.25) is 10.0 Å². The molecule has 56 valence electrons. The smallest absolute Gasteiger partial charge is 0.243 e. The standard InChI is InChI=1S/C7H11NO2/c1-4-5-6(2)8(10)7(3)9/h6,10H,1-3H3/t6-/m0/s1. The molecule has 0 bridgehead atoms. The maximum absolute atomic E-state index is 10.5. The second-order valence-corrected chi connectivity index (χ2v) is 1.93. The molecule has 0 aromatic carbocycles. The first-order valence-electron chi connectivity index (χ1n) is 3.00. The number of hydrogen-bond acceptors (Lipinski definition) is 2. The van der Waals surface area contributed by atoms with E-state index >= 15 is 0 Å². The molecule has 0 aromatic rings. The van der Waals surface area contributed by atoms with Gasteiger partial charge in [0.2, 0.25) is 5.91 Å². The van der Waals surface area contributed by atoms with Crippen molar-refractivity contribution in [2.75, 3.05) is 0 Å². The van der Waals surface area contributed by atoms with E-state index in [2.05, 4.69) is 11.8 Å². The van der Waals surface area contributed by atoms with Gasteiger partial charge in [0.05, 0.1) is 0 Å². The van der Waals surface area contributed by atoms with Crippen molar-refractivity contribution in [1.29, 1.82) is 0 Å². The van der Waals surface area contributed by atoms with E-state index in [1.54, 1.807) is 13.8 Å². The molecule has 1 N–H and O–H groups in total. The van der Waals surface area contributed by atoms with Crippen LogP contribution in [-0.4, -0.2) is 22.2 Å². The van der Waals surface area contributed by atoms with E-state index in [9.17, 15) is 4.79 Å². The number of carbonyl (C=O) groups is 1. The number of hydrogen-bond donors (Lipinski definition) is 1. The summed E-state index contributed by atoms with van der Waals surface area (Å²) >= 11 is 0. The van der Waals surface area contributed by atoms with Gasteiger partial charge in [0.15, 0.2) is 0 Å². The zero-order chi connectivity index (χ0) is 8.15. The van der Waals surface area contributed by atoms with Crippen LogP contribution >= 0.6 is 0 Å². The van der Waals surface area contributed by atoms with E-state index in [-0.39, 0.29) is 0 Å². The Hall–Kier alpha value is -1.01. The van der Waals surface area contributed by atoms with Crippen molar-refractivity contribution < 1.29 is 10.0 Å². The molecule has 3 heteroatoms. The number of carbonyl (C=O) groups excluding carboxylic acids is 1. The molecule has 0 aliphatic carbocycles. The van der Waals surface area contributed by atoms with Crippen LogP contribution in [0, 0.1) is 11.8 Å². The molecule has 0 saturated heterocycles. The Balaban J connectivity index is 4.02. The monoisotopic (exact) mass is 141 g/mol. The van der Waals surface area contributed by atoms with Crippen LogP contribution in [0.25, 0.3) is 0 Å².